The van der Waals surface area contributed by atoms with Crippen molar-refractivity contribution in [2.75, 3.05) is 0 Å². The third kappa shape index (κ3) is 3.60. The minimum Gasteiger partial charge on any atom is -0.388 e. The third-order valence-corrected chi connectivity index (χ3v) is 4.71. The van der Waals surface area contributed by atoms with Gasteiger partial charge in [0, 0.05) is 23.5 Å². The van der Waals surface area contributed by atoms with Crippen molar-refractivity contribution in [1.29, 1.82) is 0 Å². The second-order valence-electron chi connectivity index (χ2n) is 6.11. The predicted molar refractivity (Wildman–Crippen MR) is 90.7 cm³/mol. The van der Waals surface area contributed by atoms with Crippen molar-refractivity contribution in [3.8, 4) is 0 Å². The van der Waals surface area contributed by atoms with E-state index in [9.17, 15) is 9.90 Å². The first-order valence-electron chi connectivity index (χ1n) is 8.17. The summed E-state index contributed by atoms with van der Waals surface area (Å²) in [6, 6.07) is 7.49. The largest absolute Gasteiger partial charge is 0.388 e. The highest BCUT2D eigenvalue weighted by Gasteiger charge is 2.35. The maximum Gasteiger partial charge on any atom is 0.224 e. The summed E-state index contributed by atoms with van der Waals surface area (Å²) in [6.07, 6.45) is 2.07. The molecule has 24 heavy (non-hydrogen) atoms. The lowest BCUT2D eigenvalue weighted by molar-refractivity contribution is -0.121. The first-order chi connectivity index (χ1) is 11.6. The van der Waals surface area contributed by atoms with Crippen molar-refractivity contribution in [1.82, 2.24) is 20.1 Å². The van der Waals surface area contributed by atoms with Crippen LogP contribution in [0.15, 0.2) is 24.3 Å². The van der Waals surface area contributed by atoms with Crippen molar-refractivity contribution in [3.05, 3.63) is 46.5 Å². The van der Waals surface area contributed by atoms with Crippen LogP contribution in [0.2, 0.25) is 5.02 Å². The fourth-order valence-corrected chi connectivity index (χ4v) is 3.25. The minimum absolute atomic E-state index is 0.0220. The smallest absolute Gasteiger partial charge is 0.224 e. The number of hydrogen-bond acceptors (Lipinski definition) is 4. The highest BCUT2D eigenvalue weighted by molar-refractivity contribution is 6.30. The van der Waals surface area contributed by atoms with Crippen LogP contribution in [0.5, 0.6) is 0 Å². The first-order valence-corrected chi connectivity index (χ1v) is 8.55. The Balaban J connectivity index is 1.51. The Labute approximate surface area is 145 Å². The van der Waals surface area contributed by atoms with Gasteiger partial charge in [0.2, 0.25) is 5.91 Å². The van der Waals surface area contributed by atoms with E-state index < -0.39 is 0 Å². The van der Waals surface area contributed by atoms with E-state index in [0.29, 0.717) is 23.2 Å². The maximum atomic E-state index is 12.1. The number of nitrogens with one attached hydrogen (secondary N) is 1. The normalized spacial score (nSPS) is 19.8. The minimum atomic E-state index is -0.102. The summed E-state index contributed by atoms with van der Waals surface area (Å²) in [5, 5.41) is 21.2. The fraction of sp³-hybridized carbons (Fsp3) is 0.471. The number of rotatable bonds is 6. The predicted octanol–water partition coefficient (Wildman–Crippen LogP) is 2.05. The van der Waals surface area contributed by atoms with E-state index in [4.69, 9.17) is 11.6 Å². The van der Waals surface area contributed by atoms with Crippen LogP contribution in [0.3, 0.4) is 0 Å². The SMILES string of the molecule is CCn1c(CO)nnc1C1CC(NC(=O)Cc2ccc(Cl)cc2)C1. The van der Waals surface area contributed by atoms with Crippen LogP contribution in [0.25, 0.3) is 0 Å². The summed E-state index contributed by atoms with van der Waals surface area (Å²) in [5.41, 5.74) is 0.950. The molecule has 2 N–H and O–H groups in total. The molecular weight excluding hydrogens is 328 g/mol. The molecule has 1 aliphatic carbocycles. The summed E-state index contributed by atoms with van der Waals surface area (Å²) in [4.78, 5) is 12.1. The van der Waals surface area contributed by atoms with Crippen molar-refractivity contribution in [2.45, 2.75) is 51.3 Å². The summed E-state index contributed by atoms with van der Waals surface area (Å²) in [7, 11) is 0. The molecule has 2 aromatic rings. The molecular formula is C17H21ClN4O2. The second-order valence-corrected chi connectivity index (χ2v) is 6.55. The third-order valence-electron chi connectivity index (χ3n) is 4.46. The highest BCUT2D eigenvalue weighted by atomic mass is 35.5. The molecule has 0 saturated heterocycles. The zero-order chi connectivity index (χ0) is 17.1. The molecule has 1 aromatic carbocycles. The van der Waals surface area contributed by atoms with E-state index in [1.165, 1.54) is 0 Å². The lowest BCUT2D eigenvalue weighted by Crippen LogP contribution is -2.44. The van der Waals surface area contributed by atoms with Crippen LogP contribution >= 0.6 is 11.6 Å². The van der Waals surface area contributed by atoms with Gasteiger partial charge in [-0.1, -0.05) is 23.7 Å². The second kappa shape index (κ2) is 7.32. The number of hydrogen-bond donors (Lipinski definition) is 2. The first kappa shape index (κ1) is 16.9. The fourth-order valence-electron chi connectivity index (χ4n) is 3.13. The quantitative estimate of drug-likeness (QED) is 0.837. The number of benzene rings is 1. The molecule has 0 unspecified atom stereocenters. The summed E-state index contributed by atoms with van der Waals surface area (Å²) in [6.45, 7) is 2.65. The van der Waals surface area contributed by atoms with E-state index in [0.717, 1.165) is 30.8 Å². The average Bonchev–Trinajstić information content (AvgIpc) is 2.95. The lowest BCUT2D eigenvalue weighted by atomic mass is 9.79. The van der Waals surface area contributed by atoms with Gasteiger partial charge in [0.1, 0.15) is 12.4 Å². The Kier molecular flexibility index (Phi) is 5.16. The van der Waals surface area contributed by atoms with Crippen LogP contribution in [0.4, 0.5) is 0 Å². The molecule has 0 bridgehead atoms. The topological polar surface area (TPSA) is 80.0 Å². The molecule has 1 fully saturated rings. The molecule has 1 heterocycles. The van der Waals surface area contributed by atoms with Gasteiger partial charge in [0.15, 0.2) is 5.82 Å². The van der Waals surface area contributed by atoms with Crippen molar-refractivity contribution >= 4 is 17.5 Å². The van der Waals surface area contributed by atoms with Gasteiger partial charge in [-0.05, 0) is 37.5 Å². The van der Waals surface area contributed by atoms with Gasteiger partial charge in [-0.25, -0.2) is 0 Å². The Morgan fingerprint density at radius 3 is 2.67 bits per heavy atom. The van der Waals surface area contributed by atoms with E-state index in [2.05, 4.69) is 15.5 Å². The van der Waals surface area contributed by atoms with Gasteiger partial charge in [0.25, 0.3) is 0 Å². The van der Waals surface area contributed by atoms with Crippen LogP contribution < -0.4 is 5.32 Å². The number of carbonyl (C=O) groups excluding carboxylic acids is 1. The molecule has 0 radical (unpaired) electrons. The molecule has 3 rings (SSSR count). The molecule has 1 aliphatic rings. The zero-order valence-corrected chi connectivity index (χ0v) is 14.3. The number of aromatic nitrogens is 3. The number of amides is 1. The van der Waals surface area contributed by atoms with Crippen molar-refractivity contribution in [2.24, 2.45) is 0 Å². The average molecular weight is 349 g/mol. The van der Waals surface area contributed by atoms with Crippen LogP contribution in [-0.4, -0.2) is 31.8 Å². The van der Waals surface area contributed by atoms with Gasteiger partial charge in [-0.15, -0.1) is 10.2 Å². The van der Waals surface area contributed by atoms with Gasteiger partial charge >= 0.3 is 0 Å². The number of aliphatic hydroxyl groups excluding tert-OH is 1. The van der Waals surface area contributed by atoms with Gasteiger partial charge in [-0.2, -0.15) is 0 Å². The van der Waals surface area contributed by atoms with Gasteiger partial charge < -0.3 is 15.0 Å². The lowest BCUT2D eigenvalue weighted by Gasteiger charge is -2.35. The number of aliphatic hydroxyl groups is 1. The van der Waals surface area contributed by atoms with Crippen LogP contribution in [0.1, 0.15) is 42.9 Å². The van der Waals surface area contributed by atoms with E-state index in [1.54, 1.807) is 12.1 Å². The van der Waals surface area contributed by atoms with E-state index in [-0.39, 0.29) is 18.6 Å². The zero-order valence-electron chi connectivity index (χ0n) is 13.6. The molecule has 1 saturated carbocycles. The molecule has 1 aromatic heterocycles. The van der Waals surface area contributed by atoms with Gasteiger partial charge in [-0.3, -0.25) is 4.79 Å². The molecule has 1 amide bonds. The highest BCUT2D eigenvalue weighted by Crippen LogP contribution is 2.36. The monoisotopic (exact) mass is 348 g/mol. The maximum absolute atomic E-state index is 12.1. The van der Waals surface area contributed by atoms with Crippen LogP contribution in [-0.2, 0) is 24.4 Å². The summed E-state index contributed by atoms with van der Waals surface area (Å²) >= 11 is 5.85. The standard InChI is InChI=1S/C17H21ClN4O2/c1-2-22-15(10-23)20-21-17(22)12-8-14(9-12)19-16(24)7-11-3-5-13(18)6-4-11/h3-6,12,14,23H,2,7-10H2,1H3,(H,19,24). The molecule has 0 spiro atoms. The summed E-state index contributed by atoms with van der Waals surface area (Å²) in [5.74, 6) is 1.82. The Morgan fingerprint density at radius 1 is 1.33 bits per heavy atom. The van der Waals surface area contributed by atoms with Crippen molar-refractivity contribution in [3.63, 3.8) is 0 Å². The molecule has 6 nitrogen and oxygen atoms in total. The molecule has 7 heteroatoms. The molecule has 0 atom stereocenters. The van der Waals surface area contributed by atoms with Crippen LogP contribution in [0, 0.1) is 0 Å². The van der Waals surface area contributed by atoms with Gasteiger partial charge in [0.05, 0.1) is 6.42 Å². The number of halogens is 1. The van der Waals surface area contributed by atoms with E-state index in [1.807, 2.05) is 23.6 Å². The summed E-state index contributed by atoms with van der Waals surface area (Å²) < 4.78 is 1.95. The Hall–Kier alpha value is -1.92. The van der Waals surface area contributed by atoms with Crippen molar-refractivity contribution < 1.29 is 9.90 Å². The Bertz CT molecular complexity index is 708. The number of carbonyl (C=O) groups is 1. The molecule has 0 aliphatic heterocycles. The molecule has 128 valence electrons. The Morgan fingerprint density at radius 2 is 2.04 bits per heavy atom. The number of nitrogens with zero attached hydrogens (tertiary/aromatic N) is 3. The van der Waals surface area contributed by atoms with E-state index >= 15 is 0 Å².